The molecule has 1 aromatic rings. The van der Waals surface area contributed by atoms with Gasteiger partial charge in [-0.05, 0) is 24.6 Å². The van der Waals surface area contributed by atoms with E-state index in [1.165, 1.54) is 0 Å². The van der Waals surface area contributed by atoms with Gasteiger partial charge in [-0.25, -0.2) is 8.78 Å². The third-order valence-electron chi connectivity index (χ3n) is 2.67. The first-order valence-corrected chi connectivity index (χ1v) is 5.35. The molecule has 0 spiro atoms. The molecule has 0 aliphatic carbocycles. The lowest BCUT2D eigenvalue weighted by atomic mass is 9.93. The van der Waals surface area contributed by atoms with E-state index in [2.05, 4.69) is 5.32 Å². The summed E-state index contributed by atoms with van der Waals surface area (Å²) in [6.45, 7) is 0.617. The Hall–Kier alpha value is -0.380. The molecule has 90 valence electrons. The number of hydrogen-bond donors (Lipinski definition) is 1. The van der Waals surface area contributed by atoms with Crippen LogP contribution in [-0.4, -0.2) is 12.5 Å². The first-order valence-electron chi connectivity index (χ1n) is 4.97. The van der Waals surface area contributed by atoms with Crippen molar-refractivity contribution in [3.63, 3.8) is 0 Å². The van der Waals surface area contributed by atoms with Crippen molar-refractivity contribution < 1.29 is 8.78 Å². The van der Waals surface area contributed by atoms with Gasteiger partial charge in [-0.3, -0.25) is 0 Å². The Balaban J connectivity index is 0.00000128. The lowest BCUT2D eigenvalue weighted by Crippen LogP contribution is -2.42. The Morgan fingerprint density at radius 2 is 2.00 bits per heavy atom. The Bertz CT molecular complexity index is 358. The van der Waals surface area contributed by atoms with E-state index >= 15 is 0 Å². The zero-order valence-electron chi connectivity index (χ0n) is 8.55. The monoisotopic (exact) mass is 267 g/mol. The maximum Gasteiger partial charge on any atom is 0.267 e. The van der Waals surface area contributed by atoms with Gasteiger partial charge in [0.05, 0.1) is 6.04 Å². The second-order valence-corrected chi connectivity index (χ2v) is 4.18. The summed E-state index contributed by atoms with van der Waals surface area (Å²) in [6, 6.07) is 5.82. The van der Waals surface area contributed by atoms with Gasteiger partial charge >= 0.3 is 0 Å². The zero-order chi connectivity index (χ0) is 10.9. The molecule has 1 N–H and O–H groups in total. The molecule has 16 heavy (non-hydrogen) atoms. The van der Waals surface area contributed by atoms with Crippen molar-refractivity contribution in [3.05, 3.63) is 34.9 Å². The molecule has 0 aromatic heterocycles. The molecule has 0 bridgehead atoms. The number of piperidine rings is 1. The van der Waals surface area contributed by atoms with Crippen LogP contribution in [0.4, 0.5) is 8.78 Å². The molecule has 1 nitrogen and oxygen atoms in total. The topological polar surface area (TPSA) is 12.0 Å². The minimum absolute atomic E-state index is 0. The van der Waals surface area contributed by atoms with Gasteiger partial charge in [0.25, 0.3) is 5.92 Å². The predicted octanol–water partition coefficient (Wildman–Crippen LogP) is 3.82. The van der Waals surface area contributed by atoms with Crippen molar-refractivity contribution in [1.82, 2.24) is 5.32 Å². The van der Waals surface area contributed by atoms with Crippen LogP contribution in [0.25, 0.3) is 0 Å². The fraction of sp³-hybridized carbons (Fsp3) is 0.455. The van der Waals surface area contributed by atoms with Crippen molar-refractivity contribution in [3.8, 4) is 0 Å². The molecule has 1 saturated heterocycles. The Labute approximate surface area is 105 Å². The van der Waals surface area contributed by atoms with Crippen molar-refractivity contribution >= 4 is 24.0 Å². The summed E-state index contributed by atoms with van der Waals surface area (Å²) in [5.41, 5.74) is 0.490. The van der Waals surface area contributed by atoms with Crippen molar-refractivity contribution in [2.24, 2.45) is 0 Å². The van der Waals surface area contributed by atoms with Gasteiger partial charge in [0, 0.05) is 11.4 Å². The largest absolute Gasteiger partial charge is 0.305 e. The highest BCUT2D eigenvalue weighted by Crippen LogP contribution is 2.39. The first kappa shape index (κ1) is 13.7. The molecule has 0 amide bonds. The minimum Gasteiger partial charge on any atom is -0.305 e. The molecule has 0 saturated carbocycles. The molecular formula is C11H13Cl2F2N. The Kier molecular flexibility index (Phi) is 4.53. The molecule has 1 heterocycles. The van der Waals surface area contributed by atoms with E-state index in [1.807, 2.05) is 0 Å². The Morgan fingerprint density at radius 1 is 1.31 bits per heavy atom. The number of halogens is 4. The summed E-state index contributed by atoms with van der Waals surface area (Å²) in [4.78, 5) is 0. The smallest absolute Gasteiger partial charge is 0.267 e. The van der Waals surface area contributed by atoms with Crippen molar-refractivity contribution in [1.29, 1.82) is 0 Å². The van der Waals surface area contributed by atoms with E-state index in [-0.39, 0.29) is 18.8 Å². The lowest BCUT2D eigenvalue weighted by molar-refractivity contribution is -0.0619. The number of nitrogens with one attached hydrogen (secondary N) is 1. The van der Waals surface area contributed by atoms with Crippen LogP contribution < -0.4 is 5.32 Å². The molecule has 1 aliphatic rings. The van der Waals surface area contributed by atoms with E-state index in [1.54, 1.807) is 24.3 Å². The van der Waals surface area contributed by atoms with E-state index in [4.69, 9.17) is 11.6 Å². The van der Waals surface area contributed by atoms with E-state index in [0.717, 1.165) is 0 Å². The van der Waals surface area contributed by atoms with Crippen LogP contribution in [0.5, 0.6) is 0 Å². The van der Waals surface area contributed by atoms with Gasteiger partial charge in [0.1, 0.15) is 0 Å². The van der Waals surface area contributed by atoms with Gasteiger partial charge in [-0.2, -0.15) is 0 Å². The number of rotatable bonds is 1. The highest BCUT2D eigenvalue weighted by Gasteiger charge is 2.42. The second kappa shape index (κ2) is 5.30. The third kappa shape index (κ3) is 2.65. The van der Waals surface area contributed by atoms with Crippen LogP contribution in [0.1, 0.15) is 24.4 Å². The molecular weight excluding hydrogens is 255 g/mol. The van der Waals surface area contributed by atoms with Crippen molar-refractivity contribution in [2.45, 2.75) is 24.8 Å². The average molecular weight is 268 g/mol. The summed E-state index contributed by atoms with van der Waals surface area (Å²) in [5.74, 6) is -2.71. The minimum atomic E-state index is -2.71. The van der Waals surface area contributed by atoms with Gasteiger partial charge in [-0.15, -0.1) is 12.4 Å². The van der Waals surface area contributed by atoms with E-state index in [9.17, 15) is 8.78 Å². The normalized spacial score (nSPS) is 23.6. The molecule has 1 fully saturated rings. The SMILES string of the molecule is Cl.FC1(F)CCCNC1c1ccccc1Cl. The molecule has 1 unspecified atom stereocenters. The zero-order valence-corrected chi connectivity index (χ0v) is 10.1. The molecule has 0 radical (unpaired) electrons. The standard InChI is InChI=1S/C11H12ClF2N.ClH/c12-9-5-2-1-4-8(9)10-11(13,14)6-3-7-15-10;/h1-2,4-5,10,15H,3,6-7H2;1H. The molecule has 1 aromatic carbocycles. The summed E-state index contributed by atoms with van der Waals surface area (Å²) >= 11 is 5.91. The predicted molar refractivity (Wildman–Crippen MR) is 63.6 cm³/mol. The molecule has 5 heteroatoms. The summed E-state index contributed by atoms with van der Waals surface area (Å²) < 4.78 is 27.2. The summed E-state index contributed by atoms with van der Waals surface area (Å²) in [7, 11) is 0. The van der Waals surface area contributed by atoms with Crippen LogP contribution >= 0.6 is 24.0 Å². The lowest BCUT2D eigenvalue weighted by Gasteiger charge is -2.33. The highest BCUT2D eigenvalue weighted by atomic mass is 35.5. The number of alkyl halides is 2. The maximum atomic E-state index is 13.6. The quantitative estimate of drug-likeness (QED) is 0.816. The highest BCUT2D eigenvalue weighted by molar-refractivity contribution is 6.31. The number of hydrogen-bond acceptors (Lipinski definition) is 1. The first-order chi connectivity index (χ1) is 7.11. The molecule has 1 aliphatic heterocycles. The Morgan fingerprint density at radius 3 is 2.62 bits per heavy atom. The average Bonchev–Trinajstić information content (AvgIpc) is 2.19. The van der Waals surface area contributed by atoms with Crippen LogP contribution in [0.2, 0.25) is 5.02 Å². The van der Waals surface area contributed by atoms with Gasteiger partial charge in [0.15, 0.2) is 0 Å². The van der Waals surface area contributed by atoms with Crippen LogP contribution in [0, 0.1) is 0 Å². The number of benzene rings is 1. The van der Waals surface area contributed by atoms with Crippen LogP contribution in [0.3, 0.4) is 0 Å². The summed E-state index contributed by atoms with van der Waals surface area (Å²) in [5, 5.41) is 3.23. The van der Waals surface area contributed by atoms with Crippen LogP contribution in [0.15, 0.2) is 24.3 Å². The summed E-state index contributed by atoms with van der Waals surface area (Å²) in [6.07, 6.45) is 0.434. The van der Waals surface area contributed by atoms with Gasteiger partial charge in [0.2, 0.25) is 0 Å². The molecule has 1 atom stereocenters. The van der Waals surface area contributed by atoms with E-state index in [0.29, 0.717) is 23.6 Å². The third-order valence-corrected chi connectivity index (χ3v) is 3.02. The fourth-order valence-corrected chi connectivity index (χ4v) is 2.16. The van der Waals surface area contributed by atoms with Crippen LogP contribution in [-0.2, 0) is 0 Å². The maximum absolute atomic E-state index is 13.6. The second-order valence-electron chi connectivity index (χ2n) is 3.77. The van der Waals surface area contributed by atoms with Gasteiger partial charge < -0.3 is 5.32 Å². The fourth-order valence-electron chi connectivity index (χ4n) is 1.91. The van der Waals surface area contributed by atoms with E-state index < -0.39 is 12.0 Å². The van der Waals surface area contributed by atoms with Crippen molar-refractivity contribution in [2.75, 3.05) is 6.54 Å². The van der Waals surface area contributed by atoms with Gasteiger partial charge in [-0.1, -0.05) is 29.8 Å². The molecule has 2 rings (SSSR count).